The van der Waals surface area contributed by atoms with E-state index in [1.165, 1.54) is 5.56 Å². The highest BCUT2D eigenvalue weighted by molar-refractivity contribution is 5.61. The van der Waals surface area contributed by atoms with Gasteiger partial charge in [-0.25, -0.2) is 4.98 Å². The summed E-state index contributed by atoms with van der Waals surface area (Å²) in [7, 11) is 0. The molecule has 0 fully saturated rings. The molecule has 118 valence electrons. The maximum absolute atomic E-state index is 8.85. The predicted molar refractivity (Wildman–Crippen MR) is 95.7 cm³/mol. The molecule has 5 heteroatoms. The summed E-state index contributed by atoms with van der Waals surface area (Å²) in [5, 5.41) is 15.3. The van der Waals surface area contributed by atoms with Crippen molar-refractivity contribution in [3.8, 4) is 6.07 Å². The minimum absolute atomic E-state index is 0.539. The fourth-order valence-electron chi connectivity index (χ4n) is 2.32. The van der Waals surface area contributed by atoms with Gasteiger partial charge in [-0.2, -0.15) is 10.2 Å². The van der Waals surface area contributed by atoms with E-state index in [2.05, 4.69) is 26.7 Å². The predicted octanol–water partition coefficient (Wildman–Crippen LogP) is 4.45. The molecule has 0 bridgehead atoms. The van der Waals surface area contributed by atoms with Crippen molar-refractivity contribution in [3.63, 3.8) is 0 Å². The number of nitrogens with zero attached hydrogens (tertiary/aromatic N) is 3. The summed E-state index contributed by atoms with van der Waals surface area (Å²) in [5.74, 6) is 1.24. The third kappa shape index (κ3) is 3.87. The van der Waals surface area contributed by atoms with E-state index in [1.54, 1.807) is 12.1 Å². The number of nitriles is 1. The standard InChI is InChI=1S/C19H17N5/c1-13-4-3-5-17(10-13)23-19-21-14(2)11-18(24-19)22-16-8-6-15(12-20)7-9-16/h3-11H,1-2H3,(H2,21,22,23,24). The largest absolute Gasteiger partial charge is 0.340 e. The van der Waals surface area contributed by atoms with Crippen LogP contribution in [0.25, 0.3) is 0 Å². The van der Waals surface area contributed by atoms with Crippen molar-refractivity contribution in [1.29, 1.82) is 5.26 Å². The summed E-state index contributed by atoms with van der Waals surface area (Å²) in [5.41, 5.74) is 4.47. The zero-order valence-electron chi connectivity index (χ0n) is 13.5. The average molecular weight is 315 g/mol. The molecule has 1 heterocycles. The SMILES string of the molecule is Cc1cccc(Nc2nc(C)cc(Nc3ccc(C#N)cc3)n2)c1. The Morgan fingerprint density at radius 1 is 0.875 bits per heavy atom. The van der Waals surface area contributed by atoms with Crippen molar-refractivity contribution < 1.29 is 0 Å². The van der Waals surface area contributed by atoms with E-state index in [-0.39, 0.29) is 0 Å². The van der Waals surface area contributed by atoms with Crippen LogP contribution in [0.5, 0.6) is 0 Å². The molecule has 0 aliphatic carbocycles. The zero-order chi connectivity index (χ0) is 16.9. The first-order valence-electron chi connectivity index (χ1n) is 7.59. The first-order valence-corrected chi connectivity index (χ1v) is 7.59. The van der Waals surface area contributed by atoms with Crippen molar-refractivity contribution in [3.05, 3.63) is 71.4 Å². The molecule has 0 spiro atoms. The van der Waals surface area contributed by atoms with Gasteiger partial charge in [-0.15, -0.1) is 0 Å². The molecular formula is C19H17N5. The molecule has 1 aromatic heterocycles. The van der Waals surface area contributed by atoms with Gasteiger partial charge in [0.25, 0.3) is 0 Å². The molecule has 3 aromatic rings. The third-order valence-corrected chi connectivity index (χ3v) is 3.41. The van der Waals surface area contributed by atoms with Crippen molar-refractivity contribution in [2.24, 2.45) is 0 Å². The molecule has 24 heavy (non-hydrogen) atoms. The smallest absolute Gasteiger partial charge is 0.229 e. The molecule has 0 radical (unpaired) electrons. The highest BCUT2D eigenvalue weighted by Crippen LogP contribution is 2.20. The van der Waals surface area contributed by atoms with Gasteiger partial charge in [-0.3, -0.25) is 0 Å². The van der Waals surface area contributed by atoms with Gasteiger partial charge in [0, 0.05) is 23.1 Å². The van der Waals surface area contributed by atoms with Crippen LogP contribution in [0.15, 0.2) is 54.6 Å². The van der Waals surface area contributed by atoms with Crippen LogP contribution in [0, 0.1) is 25.2 Å². The van der Waals surface area contributed by atoms with Gasteiger partial charge in [-0.1, -0.05) is 12.1 Å². The van der Waals surface area contributed by atoms with Crippen molar-refractivity contribution in [2.75, 3.05) is 10.6 Å². The molecule has 0 atom stereocenters. The number of aryl methyl sites for hydroxylation is 2. The van der Waals surface area contributed by atoms with Crippen LogP contribution in [0.1, 0.15) is 16.8 Å². The second-order valence-electron chi connectivity index (χ2n) is 5.53. The molecule has 0 amide bonds. The topological polar surface area (TPSA) is 73.6 Å². The van der Waals surface area contributed by atoms with E-state index in [1.807, 2.05) is 56.3 Å². The Morgan fingerprint density at radius 2 is 1.67 bits per heavy atom. The summed E-state index contributed by atoms with van der Waals surface area (Å²) in [6.07, 6.45) is 0. The Kier molecular flexibility index (Phi) is 4.39. The molecule has 0 unspecified atom stereocenters. The molecular weight excluding hydrogens is 298 g/mol. The lowest BCUT2D eigenvalue weighted by Gasteiger charge is -2.10. The van der Waals surface area contributed by atoms with E-state index in [4.69, 9.17) is 5.26 Å². The van der Waals surface area contributed by atoms with Crippen molar-refractivity contribution in [1.82, 2.24) is 9.97 Å². The summed E-state index contributed by atoms with van der Waals surface area (Å²) < 4.78 is 0. The molecule has 2 N–H and O–H groups in total. The normalized spacial score (nSPS) is 10.0. The number of aromatic nitrogens is 2. The number of benzene rings is 2. The van der Waals surface area contributed by atoms with Crippen LogP contribution in [-0.2, 0) is 0 Å². The lowest BCUT2D eigenvalue weighted by atomic mass is 10.2. The van der Waals surface area contributed by atoms with Crippen molar-refractivity contribution >= 4 is 23.1 Å². The second kappa shape index (κ2) is 6.80. The van der Waals surface area contributed by atoms with Crippen LogP contribution in [0.4, 0.5) is 23.1 Å². The summed E-state index contributed by atoms with van der Waals surface area (Å²) >= 11 is 0. The molecule has 2 aromatic carbocycles. The fourth-order valence-corrected chi connectivity index (χ4v) is 2.32. The maximum atomic E-state index is 8.85. The number of hydrogen-bond acceptors (Lipinski definition) is 5. The van der Waals surface area contributed by atoms with E-state index in [9.17, 15) is 0 Å². The average Bonchev–Trinajstić information content (AvgIpc) is 2.55. The van der Waals surface area contributed by atoms with Gasteiger partial charge in [0.2, 0.25) is 5.95 Å². The summed E-state index contributed by atoms with van der Waals surface area (Å²) in [6, 6.07) is 19.3. The highest BCUT2D eigenvalue weighted by Gasteiger charge is 2.04. The lowest BCUT2D eigenvalue weighted by molar-refractivity contribution is 1.11. The minimum atomic E-state index is 0.539. The van der Waals surface area contributed by atoms with Gasteiger partial charge >= 0.3 is 0 Å². The lowest BCUT2D eigenvalue weighted by Crippen LogP contribution is -2.02. The Morgan fingerprint density at radius 3 is 2.38 bits per heavy atom. The zero-order valence-corrected chi connectivity index (χ0v) is 13.5. The summed E-state index contributed by atoms with van der Waals surface area (Å²) in [6.45, 7) is 3.97. The number of rotatable bonds is 4. The Labute approximate surface area is 141 Å². The van der Waals surface area contributed by atoms with Crippen LogP contribution < -0.4 is 10.6 Å². The quantitative estimate of drug-likeness (QED) is 0.744. The Hall–Kier alpha value is -3.39. The van der Waals surface area contributed by atoms with Crippen LogP contribution in [0.3, 0.4) is 0 Å². The first kappa shape index (κ1) is 15.5. The van der Waals surface area contributed by atoms with Gasteiger partial charge < -0.3 is 10.6 Å². The van der Waals surface area contributed by atoms with E-state index in [0.29, 0.717) is 17.3 Å². The molecule has 0 saturated heterocycles. The molecule has 3 rings (SSSR count). The van der Waals surface area contributed by atoms with Crippen LogP contribution in [0.2, 0.25) is 0 Å². The van der Waals surface area contributed by atoms with E-state index < -0.39 is 0 Å². The van der Waals surface area contributed by atoms with Gasteiger partial charge in [0.1, 0.15) is 5.82 Å². The highest BCUT2D eigenvalue weighted by atomic mass is 15.1. The van der Waals surface area contributed by atoms with Gasteiger partial charge in [0.05, 0.1) is 11.6 Å². The van der Waals surface area contributed by atoms with E-state index in [0.717, 1.165) is 17.1 Å². The third-order valence-electron chi connectivity index (χ3n) is 3.41. The monoisotopic (exact) mass is 315 g/mol. The van der Waals surface area contributed by atoms with Gasteiger partial charge in [0.15, 0.2) is 0 Å². The Balaban J connectivity index is 1.81. The number of anilines is 4. The molecule has 5 nitrogen and oxygen atoms in total. The first-order chi connectivity index (χ1) is 11.6. The van der Waals surface area contributed by atoms with Gasteiger partial charge in [-0.05, 0) is 55.8 Å². The summed E-state index contributed by atoms with van der Waals surface area (Å²) in [4.78, 5) is 8.92. The minimum Gasteiger partial charge on any atom is -0.340 e. The molecule has 0 aliphatic heterocycles. The maximum Gasteiger partial charge on any atom is 0.229 e. The van der Waals surface area contributed by atoms with Crippen LogP contribution in [-0.4, -0.2) is 9.97 Å². The number of nitrogens with one attached hydrogen (secondary N) is 2. The Bertz CT molecular complexity index is 894. The van der Waals surface area contributed by atoms with Crippen molar-refractivity contribution in [2.45, 2.75) is 13.8 Å². The molecule has 0 aliphatic rings. The van der Waals surface area contributed by atoms with E-state index >= 15 is 0 Å². The second-order valence-corrected chi connectivity index (χ2v) is 5.53. The molecule has 0 saturated carbocycles. The number of hydrogen-bond donors (Lipinski definition) is 2. The van der Waals surface area contributed by atoms with Crippen LogP contribution >= 0.6 is 0 Å². The fraction of sp³-hybridized carbons (Fsp3) is 0.105.